The van der Waals surface area contributed by atoms with Gasteiger partial charge in [-0.1, -0.05) is 30.4 Å². The molecule has 20 heavy (non-hydrogen) atoms. The van der Waals surface area contributed by atoms with E-state index in [4.69, 9.17) is 0 Å². The molecule has 1 rings (SSSR count). The number of carbonyl (C=O) groups is 1. The minimum absolute atomic E-state index is 0.413. The Morgan fingerprint density at radius 2 is 2.00 bits per heavy atom. The molecule has 0 saturated heterocycles. The molecule has 112 valence electrons. The molecule has 0 heterocycles. The number of carbonyl (C=O) groups excluding carboxylic acids is 1. The third kappa shape index (κ3) is 5.58. The van der Waals surface area contributed by atoms with Crippen molar-refractivity contribution in [3.05, 3.63) is 24.3 Å². The van der Waals surface area contributed by atoms with Crippen molar-refractivity contribution < 1.29 is 18.0 Å². The van der Waals surface area contributed by atoms with Gasteiger partial charge in [0.15, 0.2) is 0 Å². The van der Waals surface area contributed by atoms with Gasteiger partial charge in [0.25, 0.3) is 0 Å². The molecule has 2 nitrogen and oxygen atoms in total. The van der Waals surface area contributed by atoms with Crippen molar-refractivity contribution in [3.63, 3.8) is 0 Å². The van der Waals surface area contributed by atoms with E-state index in [2.05, 4.69) is 31.0 Å². The molecule has 1 N–H and O–H groups in total. The Hall–Kier alpha value is -0.953. The summed E-state index contributed by atoms with van der Waals surface area (Å²) in [6.45, 7) is 4.33. The van der Waals surface area contributed by atoms with Crippen LogP contribution in [0, 0.1) is 0 Å². The summed E-state index contributed by atoms with van der Waals surface area (Å²) in [6.07, 6.45) is -5.95. The first-order chi connectivity index (χ1) is 9.14. The van der Waals surface area contributed by atoms with Gasteiger partial charge in [-0.3, -0.25) is 4.79 Å². The van der Waals surface area contributed by atoms with Crippen LogP contribution >= 0.6 is 12.6 Å². The van der Waals surface area contributed by atoms with E-state index >= 15 is 0 Å². The van der Waals surface area contributed by atoms with E-state index in [1.165, 1.54) is 0 Å². The van der Waals surface area contributed by atoms with Crippen molar-refractivity contribution in [3.8, 4) is 0 Å². The highest BCUT2D eigenvalue weighted by molar-refractivity contribution is 7.80. The van der Waals surface area contributed by atoms with Crippen molar-refractivity contribution in [2.75, 3.05) is 11.1 Å². The van der Waals surface area contributed by atoms with Gasteiger partial charge in [0.05, 0.1) is 8.07 Å². The third-order valence-electron chi connectivity index (χ3n) is 3.03. The monoisotopic (exact) mass is 321 g/mol. The molecule has 0 fully saturated rings. The molecule has 0 atom stereocenters. The van der Waals surface area contributed by atoms with E-state index in [1.54, 1.807) is 18.2 Å². The summed E-state index contributed by atoms with van der Waals surface area (Å²) < 4.78 is 36.3. The van der Waals surface area contributed by atoms with Gasteiger partial charge in [0, 0.05) is 5.69 Å². The lowest BCUT2D eigenvalue weighted by Gasteiger charge is -2.22. The first kappa shape index (κ1) is 17.1. The Kier molecular flexibility index (Phi) is 5.70. The first-order valence-corrected chi connectivity index (χ1v) is 10.1. The van der Waals surface area contributed by atoms with Gasteiger partial charge in [-0.15, -0.1) is 0 Å². The maximum atomic E-state index is 12.1. The highest BCUT2D eigenvalue weighted by atomic mass is 32.1. The lowest BCUT2D eigenvalue weighted by Crippen LogP contribution is -2.41. The Morgan fingerprint density at radius 1 is 1.35 bits per heavy atom. The van der Waals surface area contributed by atoms with Gasteiger partial charge in [-0.05, 0) is 23.9 Å². The van der Waals surface area contributed by atoms with Crippen LogP contribution in [0.3, 0.4) is 0 Å². The first-order valence-electron chi connectivity index (χ1n) is 6.22. The highest BCUT2D eigenvalue weighted by Crippen LogP contribution is 2.20. The number of halogens is 3. The maximum Gasteiger partial charge on any atom is 0.397 e. The summed E-state index contributed by atoms with van der Waals surface area (Å²) >= 11 is 4.23. The number of thiol groups is 1. The number of hydrogen-bond donors (Lipinski definition) is 2. The number of amides is 1. The van der Waals surface area contributed by atoms with Crippen LogP contribution in [0.5, 0.6) is 0 Å². The summed E-state index contributed by atoms with van der Waals surface area (Å²) in [6, 6.07) is 8.05. The fourth-order valence-corrected chi connectivity index (χ4v) is 5.45. The molecule has 1 aromatic carbocycles. The van der Waals surface area contributed by atoms with Crippen LogP contribution in [-0.4, -0.2) is 25.9 Å². The molecule has 0 aliphatic heterocycles. The van der Waals surface area contributed by atoms with Crippen molar-refractivity contribution in [1.82, 2.24) is 0 Å². The Morgan fingerprint density at radius 3 is 2.55 bits per heavy atom. The zero-order chi connectivity index (χ0) is 15.4. The smallest absolute Gasteiger partial charge is 0.326 e. The summed E-state index contributed by atoms with van der Waals surface area (Å²) in [7, 11) is -1.66. The number of hydrogen-bond acceptors (Lipinski definition) is 2. The summed E-state index contributed by atoms with van der Waals surface area (Å²) in [5.41, 5.74) is 0.413. The summed E-state index contributed by atoms with van der Waals surface area (Å²) in [4.78, 5) is 11.3. The zero-order valence-corrected chi connectivity index (χ0v) is 13.3. The molecule has 1 amide bonds. The molecule has 0 saturated carbocycles. The van der Waals surface area contributed by atoms with Crippen LogP contribution in [0.4, 0.5) is 18.9 Å². The van der Waals surface area contributed by atoms with Crippen molar-refractivity contribution in [2.45, 2.75) is 31.7 Å². The SMILES string of the molecule is C[Si](C)(CCS)c1cccc(NC(=O)CC(F)(F)F)c1. The minimum Gasteiger partial charge on any atom is -0.326 e. The van der Waals surface area contributed by atoms with Gasteiger partial charge >= 0.3 is 6.18 Å². The lowest BCUT2D eigenvalue weighted by molar-refractivity contribution is -0.150. The van der Waals surface area contributed by atoms with Crippen LogP contribution in [0.15, 0.2) is 24.3 Å². The van der Waals surface area contributed by atoms with E-state index < -0.39 is 26.6 Å². The highest BCUT2D eigenvalue weighted by Gasteiger charge is 2.31. The van der Waals surface area contributed by atoms with E-state index in [0.717, 1.165) is 17.0 Å². The fourth-order valence-electron chi connectivity index (χ4n) is 1.83. The zero-order valence-electron chi connectivity index (χ0n) is 11.4. The molecule has 0 radical (unpaired) electrons. The largest absolute Gasteiger partial charge is 0.397 e. The molecular formula is C13H18F3NOSSi. The van der Waals surface area contributed by atoms with Crippen LogP contribution < -0.4 is 10.5 Å². The van der Waals surface area contributed by atoms with Crippen molar-refractivity contribution >= 4 is 37.5 Å². The van der Waals surface area contributed by atoms with Crippen LogP contribution in [-0.2, 0) is 4.79 Å². The molecule has 0 aromatic heterocycles. The third-order valence-corrected chi connectivity index (χ3v) is 7.04. The van der Waals surface area contributed by atoms with Gasteiger partial charge in [0.1, 0.15) is 6.42 Å². The Bertz CT molecular complexity index is 477. The quantitative estimate of drug-likeness (QED) is 0.631. The van der Waals surface area contributed by atoms with Crippen LogP contribution in [0.2, 0.25) is 19.1 Å². The Labute approximate surface area is 123 Å². The molecule has 0 aliphatic rings. The fraction of sp³-hybridized carbons (Fsp3) is 0.462. The predicted octanol–water partition coefficient (Wildman–Crippen LogP) is 3.42. The summed E-state index contributed by atoms with van der Waals surface area (Å²) in [5, 5.41) is 3.39. The average Bonchev–Trinajstić information content (AvgIpc) is 2.26. The molecule has 0 unspecified atom stereocenters. The normalized spacial score (nSPS) is 12.3. The molecule has 0 bridgehead atoms. The van der Waals surface area contributed by atoms with E-state index in [9.17, 15) is 18.0 Å². The molecular weight excluding hydrogens is 303 g/mol. The second-order valence-electron chi connectivity index (χ2n) is 5.28. The van der Waals surface area contributed by atoms with E-state index in [1.807, 2.05) is 6.07 Å². The minimum atomic E-state index is -4.48. The lowest BCUT2D eigenvalue weighted by atomic mass is 10.3. The summed E-state index contributed by atoms with van der Waals surface area (Å²) in [5.74, 6) is -0.271. The molecule has 0 aliphatic carbocycles. The Balaban J connectivity index is 2.81. The van der Waals surface area contributed by atoms with Gasteiger partial charge in [0.2, 0.25) is 5.91 Å². The van der Waals surface area contributed by atoms with Gasteiger partial charge in [-0.25, -0.2) is 0 Å². The standard InChI is InChI=1S/C13H18F3NOSSi/c1-20(2,7-6-19)11-5-3-4-10(8-11)17-12(18)9-13(14,15)16/h3-5,8,19H,6-7,9H2,1-2H3,(H,17,18). The van der Waals surface area contributed by atoms with Crippen molar-refractivity contribution in [1.29, 1.82) is 0 Å². The van der Waals surface area contributed by atoms with Gasteiger partial charge in [-0.2, -0.15) is 25.8 Å². The van der Waals surface area contributed by atoms with E-state index in [-0.39, 0.29) is 0 Å². The average molecular weight is 321 g/mol. The maximum absolute atomic E-state index is 12.1. The molecule has 0 spiro atoms. The number of benzene rings is 1. The second-order valence-corrected chi connectivity index (χ2v) is 10.6. The number of anilines is 1. The van der Waals surface area contributed by atoms with E-state index in [0.29, 0.717) is 5.69 Å². The molecule has 1 aromatic rings. The van der Waals surface area contributed by atoms with Crippen LogP contribution in [0.1, 0.15) is 6.42 Å². The number of nitrogens with one attached hydrogen (secondary N) is 1. The van der Waals surface area contributed by atoms with Crippen LogP contribution in [0.25, 0.3) is 0 Å². The predicted molar refractivity (Wildman–Crippen MR) is 81.5 cm³/mol. The topological polar surface area (TPSA) is 29.1 Å². The van der Waals surface area contributed by atoms with Gasteiger partial charge < -0.3 is 5.32 Å². The number of rotatable bonds is 5. The molecule has 7 heteroatoms. The second kappa shape index (κ2) is 6.67. The van der Waals surface area contributed by atoms with Crippen molar-refractivity contribution in [2.24, 2.45) is 0 Å². The number of alkyl halides is 3.